The molecule has 2 heterocycles. The van der Waals surface area contributed by atoms with Crippen molar-refractivity contribution < 1.29 is 14.1 Å². The van der Waals surface area contributed by atoms with Crippen LogP contribution >= 0.6 is 22.9 Å². The fraction of sp³-hybridized carbons (Fsp3) is 0. The quantitative estimate of drug-likeness (QED) is 0.585. The molecule has 1 amide bonds. The van der Waals surface area contributed by atoms with Gasteiger partial charge in [0.05, 0.1) is 4.92 Å². The lowest BCUT2D eigenvalue weighted by molar-refractivity contribution is -0.384. The van der Waals surface area contributed by atoms with E-state index in [1.807, 2.05) is 0 Å². The molecule has 0 radical (unpaired) electrons. The van der Waals surface area contributed by atoms with Crippen molar-refractivity contribution in [3.63, 3.8) is 0 Å². The summed E-state index contributed by atoms with van der Waals surface area (Å²) in [6.45, 7) is 0. The van der Waals surface area contributed by atoms with Crippen LogP contribution in [-0.2, 0) is 0 Å². The van der Waals surface area contributed by atoms with E-state index in [4.69, 9.17) is 16.0 Å². The first-order chi connectivity index (χ1) is 10.0. The van der Waals surface area contributed by atoms with Crippen molar-refractivity contribution in [1.29, 1.82) is 0 Å². The number of thiophene rings is 1. The molecule has 21 heavy (non-hydrogen) atoms. The molecule has 3 rings (SSSR count). The molecule has 0 spiro atoms. The van der Waals surface area contributed by atoms with Gasteiger partial charge in [0.25, 0.3) is 11.6 Å². The second-order valence-corrected chi connectivity index (χ2v) is 5.62. The van der Waals surface area contributed by atoms with Crippen LogP contribution in [-0.4, -0.2) is 15.8 Å². The minimum Gasteiger partial charge on any atom is -0.423 e. The maximum absolute atomic E-state index is 12.0. The van der Waals surface area contributed by atoms with E-state index < -0.39 is 10.8 Å². The van der Waals surface area contributed by atoms with E-state index >= 15 is 0 Å². The summed E-state index contributed by atoms with van der Waals surface area (Å²) < 4.78 is 5.29. The molecular formula is C12H6ClN3O4S. The summed E-state index contributed by atoms with van der Waals surface area (Å²) in [6.07, 6.45) is 0. The van der Waals surface area contributed by atoms with Crippen LogP contribution in [0.2, 0.25) is 4.34 Å². The van der Waals surface area contributed by atoms with E-state index in [0.29, 0.717) is 11.1 Å². The highest BCUT2D eigenvalue weighted by molar-refractivity contribution is 7.18. The summed E-state index contributed by atoms with van der Waals surface area (Å²) in [5, 5.41) is 13.1. The number of hydrogen-bond acceptors (Lipinski definition) is 6. The molecule has 0 saturated heterocycles. The van der Waals surface area contributed by atoms with Crippen LogP contribution in [0.1, 0.15) is 9.67 Å². The predicted octanol–water partition coefficient (Wildman–Crippen LogP) is 3.70. The minimum atomic E-state index is -0.644. The third-order valence-electron chi connectivity index (χ3n) is 2.60. The molecular weight excluding hydrogens is 318 g/mol. The van der Waals surface area contributed by atoms with E-state index in [-0.39, 0.29) is 20.9 Å². The highest BCUT2D eigenvalue weighted by Crippen LogP contribution is 2.34. The topological polar surface area (TPSA) is 98.3 Å². The number of nitrogens with one attached hydrogen (secondary N) is 1. The van der Waals surface area contributed by atoms with Gasteiger partial charge in [-0.25, -0.2) is 0 Å². The van der Waals surface area contributed by atoms with Gasteiger partial charge in [0.15, 0.2) is 9.92 Å². The zero-order chi connectivity index (χ0) is 15.0. The average Bonchev–Trinajstić information content (AvgIpc) is 3.01. The number of amides is 1. The first kappa shape index (κ1) is 13.5. The van der Waals surface area contributed by atoms with Crippen molar-refractivity contribution >= 4 is 51.6 Å². The maximum Gasteiger partial charge on any atom is 0.302 e. The van der Waals surface area contributed by atoms with Gasteiger partial charge in [-0.2, -0.15) is 4.98 Å². The summed E-state index contributed by atoms with van der Waals surface area (Å²) in [5.74, 6) is -0.568. The fourth-order valence-corrected chi connectivity index (χ4v) is 2.80. The lowest BCUT2D eigenvalue weighted by atomic mass is 10.3. The molecule has 3 aromatic rings. The maximum atomic E-state index is 12.0. The number of benzene rings is 1. The Morgan fingerprint density at radius 3 is 2.86 bits per heavy atom. The molecule has 7 nitrogen and oxygen atoms in total. The van der Waals surface area contributed by atoms with Crippen molar-refractivity contribution in [1.82, 2.24) is 4.98 Å². The third kappa shape index (κ3) is 2.58. The first-order valence-corrected chi connectivity index (χ1v) is 6.84. The molecule has 0 saturated carbocycles. The highest BCUT2D eigenvalue weighted by Gasteiger charge is 2.22. The number of anilines is 1. The van der Waals surface area contributed by atoms with Gasteiger partial charge < -0.3 is 4.42 Å². The molecule has 9 heteroatoms. The van der Waals surface area contributed by atoms with Crippen LogP contribution in [0, 0.1) is 10.1 Å². The van der Waals surface area contributed by atoms with Crippen molar-refractivity contribution in [2.75, 3.05) is 5.32 Å². The lowest BCUT2D eigenvalue weighted by Crippen LogP contribution is -2.10. The van der Waals surface area contributed by atoms with Crippen molar-refractivity contribution in [2.24, 2.45) is 0 Å². The van der Waals surface area contributed by atoms with Crippen LogP contribution in [0.25, 0.3) is 11.1 Å². The Labute approximate surface area is 126 Å². The number of fused-ring (bicyclic) bond motifs is 1. The van der Waals surface area contributed by atoms with Gasteiger partial charge in [-0.15, -0.1) is 11.3 Å². The van der Waals surface area contributed by atoms with Crippen LogP contribution in [0.4, 0.5) is 11.7 Å². The second kappa shape index (κ2) is 5.15. The zero-order valence-electron chi connectivity index (χ0n) is 10.2. The zero-order valence-corrected chi connectivity index (χ0v) is 11.8. The number of nitro groups is 1. The summed E-state index contributed by atoms with van der Waals surface area (Å²) in [4.78, 5) is 26.2. The molecule has 0 aliphatic carbocycles. The van der Waals surface area contributed by atoms with E-state index in [1.165, 1.54) is 0 Å². The van der Waals surface area contributed by atoms with Gasteiger partial charge in [-0.05, 0) is 12.1 Å². The Bertz CT molecular complexity index is 824. The van der Waals surface area contributed by atoms with Gasteiger partial charge in [-0.1, -0.05) is 23.7 Å². The first-order valence-electron chi connectivity index (χ1n) is 5.65. The number of oxazole rings is 1. The SMILES string of the molecule is O=C(Nc1nc2ccccc2o1)c1cc([N+](=O)[O-])c(Cl)s1. The van der Waals surface area contributed by atoms with E-state index in [1.54, 1.807) is 24.3 Å². The van der Waals surface area contributed by atoms with Gasteiger partial charge in [0, 0.05) is 6.07 Å². The number of aromatic nitrogens is 1. The fourth-order valence-electron chi connectivity index (χ4n) is 1.68. The Morgan fingerprint density at radius 2 is 2.19 bits per heavy atom. The van der Waals surface area contributed by atoms with Crippen molar-refractivity contribution in [3.05, 3.63) is 49.7 Å². The Hall–Kier alpha value is -2.45. The minimum absolute atomic E-state index is 0.0216. The number of hydrogen-bond donors (Lipinski definition) is 1. The number of carbonyl (C=O) groups is 1. The molecule has 1 aromatic carbocycles. The number of carbonyl (C=O) groups excluding carboxylic acids is 1. The largest absolute Gasteiger partial charge is 0.423 e. The average molecular weight is 324 g/mol. The molecule has 0 aliphatic heterocycles. The van der Waals surface area contributed by atoms with Crippen LogP contribution in [0.5, 0.6) is 0 Å². The Morgan fingerprint density at radius 1 is 1.43 bits per heavy atom. The van der Waals surface area contributed by atoms with E-state index in [9.17, 15) is 14.9 Å². The molecule has 0 aliphatic rings. The summed E-state index contributed by atoms with van der Waals surface area (Å²) >= 11 is 6.53. The Balaban J connectivity index is 1.85. The van der Waals surface area contributed by atoms with Crippen molar-refractivity contribution in [3.8, 4) is 0 Å². The number of nitrogens with zero attached hydrogens (tertiary/aromatic N) is 2. The smallest absolute Gasteiger partial charge is 0.302 e. The molecule has 0 bridgehead atoms. The summed E-state index contributed by atoms with van der Waals surface area (Å²) in [6, 6.07) is 8.16. The van der Waals surface area contributed by atoms with E-state index in [0.717, 1.165) is 17.4 Å². The second-order valence-electron chi connectivity index (χ2n) is 3.97. The van der Waals surface area contributed by atoms with Gasteiger partial charge in [0.1, 0.15) is 10.4 Å². The predicted molar refractivity (Wildman–Crippen MR) is 77.9 cm³/mol. The van der Waals surface area contributed by atoms with Gasteiger partial charge in [0.2, 0.25) is 0 Å². The van der Waals surface area contributed by atoms with Crippen molar-refractivity contribution in [2.45, 2.75) is 0 Å². The van der Waals surface area contributed by atoms with Crippen LogP contribution in [0.15, 0.2) is 34.7 Å². The molecule has 1 N–H and O–H groups in total. The molecule has 0 unspecified atom stereocenters. The summed E-state index contributed by atoms with van der Waals surface area (Å²) in [5.41, 5.74) is 0.829. The number of rotatable bonds is 3. The van der Waals surface area contributed by atoms with Gasteiger partial charge >= 0.3 is 6.01 Å². The van der Waals surface area contributed by atoms with E-state index in [2.05, 4.69) is 10.3 Å². The molecule has 0 atom stereocenters. The summed E-state index contributed by atoms with van der Waals surface area (Å²) in [7, 11) is 0. The molecule has 2 aromatic heterocycles. The standard InChI is InChI=1S/C12H6ClN3O4S/c13-10-7(16(18)19)5-9(21-10)11(17)15-12-14-6-3-1-2-4-8(6)20-12/h1-5H,(H,14,15,17). The number of para-hydroxylation sites is 2. The van der Waals surface area contributed by atoms with Crippen LogP contribution in [0.3, 0.4) is 0 Å². The normalized spacial score (nSPS) is 10.7. The highest BCUT2D eigenvalue weighted by atomic mass is 35.5. The van der Waals surface area contributed by atoms with Crippen LogP contribution < -0.4 is 5.32 Å². The Kier molecular flexibility index (Phi) is 3.32. The molecule has 106 valence electrons. The lowest BCUT2D eigenvalue weighted by Gasteiger charge is -1.95. The number of halogens is 1. The van der Waals surface area contributed by atoms with Gasteiger partial charge in [-0.3, -0.25) is 20.2 Å². The third-order valence-corrected chi connectivity index (χ3v) is 3.94. The monoisotopic (exact) mass is 323 g/mol. The molecule has 0 fully saturated rings.